The van der Waals surface area contributed by atoms with Gasteiger partial charge in [-0.25, -0.2) is 4.98 Å². The number of halogens is 3. The number of piperazine rings is 1. The topological polar surface area (TPSA) is 48.5 Å². The van der Waals surface area contributed by atoms with Crippen molar-refractivity contribution in [3.8, 4) is 0 Å². The van der Waals surface area contributed by atoms with Crippen LogP contribution in [-0.4, -0.2) is 48.0 Å². The van der Waals surface area contributed by atoms with Gasteiger partial charge in [0.2, 0.25) is 5.91 Å². The maximum absolute atomic E-state index is 12.9. The molecule has 120 valence electrons. The predicted octanol–water partition coefficient (Wildman–Crippen LogP) is 1.24. The summed E-state index contributed by atoms with van der Waals surface area (Å²) in [5.74, 6) is 0.416. The zero-order chi connectivity index (χ0) is 15.9. The molecule has 3 heterocycles. The van der Waals surface area contributed by atoms with Crippen LogP contribution >= 0.6 is 0 Å². The smallest absolute Gasteiger partial charge is 0.349 e. The first-order valence-electron chi connectivity index (χ1n) is 7.15. The van der Waals surface area contributed by atoms with Crippen LogP contribution in [0.15, 0.2) is 12.3 Å². The molecule has 1 N–H and O–H groups in total. The molecule has 2 aliphatic heterocycles. The fourth-order valence-electron chi connectivity index (χ4n) is 3.00. The summed E-state index contributed by atoms with van der Waals surface area (Å²) in [5, 5.41) is 3.25. The number of amides is 1. The second-order valence-electron chi connectivity index (χ2n) is 5.66. The summed E-state index contributed by atoms with van der Waals surface area (Å²) in [6.45, 7) is 4.19. The lowest BCUT2D eigenvalue weighted by Gasteiger charge is -2.37. The first-order chi connectivity index (χ1) is 10.4. The molecular formula is C14H17F3N4O. The van der Waals surface area contributed by atoms with Crippen LogP contribution in [0.25, 0.3) is 0 Å². The van der Waals surface area contributed by atoms with E-state index in [1.807, 2.05) is 4.90 Å². The number of anilines is 1. The van der Waals surface area contributed by atoms with Gasteiger partial charge in [-0.15, -0.1) is 0 Å². The molecule has 3 rings (SSSR count). The summed E-state index contributed by atoms with van der Waals surface area (Å²) < 4.78 is 38.7. The molecule has 0 unspecified atom stereocenters. The highest BCUT2D eigenvalue weighted by molar-refractivity contribution is 5.74. The average molecular weight is 314 g/mol. The minimum atomic E-state index is -4.43. The minimum absolute atomic E-state index is 0.0307. The van der Waals surface area contributed by atoms with Crippen molar-refractivity contribution < 1.29 is 18.0 Å². The van der Waals surface area contributed by atoms with Crippen LogP contribution < -0.4 is 10.2 Å². The molecule has 8 heteroatoms. The Bertz CT molecular complexity index is 590. The second-order valence-corrected chi connectivity index (χ2v) is 5.66. The summed E-state index contributed by atoms with van der Waals surface area (Å²) in [7, 11) is 0. The van der Waals surface area contributed by atoms with Crippen molar-refractivity contribution in [3.05, 3.63) is 23.4 Å². The van der Waals surface area contributed by atoms with Gasteiger partial charge < -0.3 is 15.1 Å². The highest BCUT2D eigenvalue weighted by atomic mass is 19.4. The number of aromatic nitrogens is 1. The Morgan fingerprint density at radius 2 is 2.23 bits per heavy atom. The normalized spacial score (nSPS) is 21.9. The fourth-order valence-corrected chi connectivity index (χ4v) is 3.00. The first kappa shape index (κ1) is 15.1. The zero-order valence-corrected chi connectivity index (χ0v) is 12.2. The lowest BCUT2D eigenvalue weighted by molar-refractivity contribution is -0.137. The number of hydrogen-bond acceptors (Lipinski definition) is 4. The van der Waals surface area contributed by atoms with E-state index in [4.69, 9.17) is 0 Å². The molecule has 0 radical (unpaired) electrons. The molecule has 5 nitrogen and oxygen atoms in total. The molecule has 0 bridgehead atoms. The Balaban J connectivity index is 2.04. The van der Waals surface area contributed by atoms with Gasteiger partial charge in [-0.05, 0) is 6.07 Å². The first-order valence-corrected chi connectivity index (χ1v) is 7.15. The van der Waals surface area contributed by atoms with E-state index < -0.39 is 11.7 Å². The van der Waals surface area contributed by atoms with E-state index in [0.29, 0.717) is 31.0 Å². The van der Waals surface area contributed by atoms with Gasteiger partial charge in [0.15, 0.2) is 0 Å². The Morgan fingerprint density at radius 3 is 2.91 bits per heavy atom. The van der Waals surface area contributed by atoms with Crippen molar-refractivity contribution in [3.63, 3.8) is 0 Å². The summed E-state index contributed by atoms with van der Waals surface area (Å²) >= 11 is 0. The summed E-state index contributed by atoms with van der Waals surface area (Å²) in [4.78, 5) is 19.4. The van der Waals surface area contributed by atoms with Crippen molar-refractivity contribution >= 4 is 11.7 Å². The van der Waals surface area contributed by atoms with E-state index in [-0.39, 0.29) is 18.5 Å². The largest absolute Gasteiger partial charge is 0.417 e. The van der Waals surface area contributed by atoms with Gasteiger partial charge in [-0.2, -0.15) is 13.2 Å². The van der Waals surface area contributed by atoms with E-state index >= 15 is 0 Å². The van der Waals surface area contributed by atoms with Crippen molar-refractivity contribution in [2.75, 3.05) is 31.1 Å². The highest BCUT2D eigenvalue weighted by Crippen LogP contribution is 2.34. The van der Waals surface area contributed by atoms with E-state index in [2.05, 4.69) is 10.3 Å². The summed E-state index contributed by atoms with van der Waals surface area (Å²) in [6, 6.07) is 1.14. The molecular weight excluding hydrogens is 297 g/mol. The lowest BCUT2D eigenvalue weighted by Crippen LogP contribution is -2.55. The standard InChI is InChI=1S/C14H17F3N4O/c1-9(22)20-7-10-4-11(14(15,16)17)5-19-13(10)21-3-2-18-6-12(21)8-20/h4-5,12,18H,2-3,6-8H2,1H3/t12-/m0/s1. The monoisotopic (exact) mass is 314 g/mol. The number of nitrogens with zero attached hydrogens (tertiary/aromatic N) is 3. The van der Waals surface area contributed by atoms with Gasteiger partial charge in [-0.3, -0.25) is 4.79 Å². The molecule has 1 aromatic rings. The maximum atomic E-state index is 12.9. The van der Waals surface area contributed by atoms with Gasteiger partial charge in [0, 0.05) is 51.4 Å². The SMILES string of the molecule is CC(=O)N1Cc2cc(C(F)(F)F)cnc2N2CCNC[C@H]2C1. The summed E-state index contributed by atoms with van der Waals surface area (Å²) in [6.07, 6.45) is -3.56. The number of carbonyl (C=O) groups excluding carboxylic acids is 1. The summed E-state index contributed by atoms with van der Waals surface area (Å²) in [5.41, 5.74) is -0.322. The van der Waals surface area contributed by atoms with Crippen LogP contribution in [0, 0.1) is 0 Å². The Morgan fingerprint density at radius 1 is 1.45 bits per heavy atom. The number of hydrogen-bond donors (Lipinski definition) is 1. The third kappa shape index (κ3) is 2.75. The van der Waals surface area contributed by atoms with Gasteiger partial charge in [0.05, 0.1) is 11.6 Å². The van der Waals surface area contributed by atoms with E-state index in [1.165, 1.54) is 6.92 Å². The van der Waals surface area contributed by atoms with Crippen molar-refractivity contribution in [2.45, 2.75) is 25.7 Å². The number of alkyl halides is 3. The molecule has 0 aliphatic carbocycles. The zero-order valence-electron chi connectivity index (χ0n) is 12.2. The molecule has 0 spiro atoms. The predicted molar refractivity (Wildman–Crippen MR) is 74.3 cm³/mol. The van der Waals surface area contributed by atoms with Crippen LogP contribution in [-0.2, 0) is 17.5 Å². The van der Waals surface area contributed by atoms with E-state index in [1.54, 1.807) is 4.90 Å². The number of pyridine rings is 1. The van der Waals surface area contributed by atoms with Gasteiger partial charge in [-0.1, -0.05) is 0 Å². The molecule has 22 heavy (non-hydrogen) atoms. The molecule has 1 amide bonds. The van der Waals surface area contributed by atoms with Gasteiger partial charge >= 0.3 is 6.18 Å². The molecule has 0 aromatic carbocycles. The Labute approximate surface area is 126 Å². The average Bonchev–Trinajstić information content (AvgIpc) is 2.62. The number of fused-ring (bicyclic) bond motifs is 3. The van der Waals surface area contributed by atoms with E-state index in [0.717, 1.165) is 18.8 Å². The van der Waals surface area contributed by atoms with Gasteiger partial charge in [0.25, 0.3) is 0 Å². The van der Waals surface area contributed by atoms with Crippen LogP contribution in [0.2, 0.25) is 0 Å². The molecule has 1 atom stereocenters. The molecule has 2 aliphatic rings. The second kappa shape index (κ2) is 5.42. The molecule has 0 saturated carbocycles. The van der Waals surface area contributed by atoms with Gasteiger partial charge in [0.1, 0.15) is 5.82 Å². The third-order valence-electron chi connectivity index (χ3n) is 4.13. The van der Waals surface area contributed by atoms with Crippen molar-refractivity contribution in [1.29, 1.82) is 0 Å². The highest BCUT2D eigenvalue weighted by Gasteiger charge is 2.35. The number of nitrogens with one attached hydrogen (secondary N) is 1. The Hall–Kier alpha value is -1.83. The molecule has 1 aromatic heterocycles. The molecule has 1 fully saturated rings. The lowest BCUT2D eigenvalue weighted by atomic mass is 10.1. The van der Waals surface area contributed by atoms with Crippen LogP contribution in [0.3, 0.4) is 0 Å². The molecule has 1 saturated heterocycles. The van der Waals surface area contributed by atoms with Crippen molar-refractivity contribution in [1.82, 2.24) is 15.2 Å². The number of carbonyl (C=O) groups is 1. The number of rotatable bonds is 0. The Kier molecular flexibility index (Phi) is 3.72. The third-order valence-corrected chi connectivity index (χ3v) is 4.13. The van der Waals surface area contributed by atoms with Crippen molar-refractivity contribution in [2.24, 2.45) is 0 Å². The van der Waals surface area contributed by atoms with Crippen LogP contribution in [0.5, 0.6) is 0 Å². The van der Waals surface area contributed by atoms with Crippen LogP contribution in [0.4, 0.5) is 19.0 Å². The quantitative estimate of drug-likeness (QED) is 0.783. The fraction of sp³-hybridized carbons (Fsp3) is 0.571. The van der Waals surface area contributed by atoms with Crippen LogP contribution in [0.1, 0.15) is 18.1 Å². The minimum Gasteiger partial charge on any atom is -0.349 e. The van der Waals surface area contributed by atoms with E-state index in [9.17, 15) is 18.0 Å². The maximum Gasteiger partial charge on any atom is 0.417 e.